The first-order valence-corrected chi connectivity index (χ1v) is 11.2. The van der Waals surface area contributed by atoms with Gasteiger partial charge >= 0.3 is 11.0 Å². The number of aromatic nitrogens is 1. The predicted molar refractivity (Wildman–Crippen MR) is 86.6 cm³/mol. The van der Waals surface area contributed by atoms with Crippen LogP contribution in [0.3, 0.4) is 0 Å². The molecule has 0 N–H and O–H groups in total. The molecule has 160 valence electrons. The summed E-state index contributed by atoms with van der Waals surface area (Å²) in [6, 6.07) is 0. The van der Waals surface area contributed by atoms with E-state index in [0.29, 0.717) is 0 Å². The fourth-order valence-electron chi connectivity index (χ4n) is 1.50. The monoisotopic (exact) mass is 464 g/mol. The second-order valence-corrected chi connectivity index (χ2v) is 9.27. The maximum atomic E-state index is 11.4. The minimum Gasteiger partial charge on any atom is -0.421 e. The fraction of sp³-hybridized carbons (Fsp3) is 0.750. The molecule has 27 heavy (non-hydrogen) atoms. The van der Waals surface area contributed by atoms with Crippen molar-refractivity contribution in [2.45, 2.75) is 56.6 Å². The zero-order chi connectivity index (χ0) is 21.4. The highest BCUT2D eigenvalue weighted by atomic mass is 32.3. The Hall–Kier alpha value is -0.930. The number of alkyl halides is 6. The van der Waals surface area contributed by atoms with Crippen molar-refractivity contribution >= 4 is 31.4 Å². The van der Waals surface area contributed by atoms with E-state index >= 15 is 0 Å². The lowest BCUT2D eigenvalue weighted by Gasteiger charge is -2.22. The average Bonchev–Trinajstić information content (AvgIpc) is 2.97. The zero-order valence-electron chi connectivity index (χ0n) is 14.0. The number of hydrogen-bond acceptors (Lipinski definition) is 5. The van der Waals surface area contributed by atoms with Gasteiger partial charge in [-0.05, 0) is 6.42 Å². The van der Waals surface area contributed by atoms with E-state index < -0.39 is 31.1 Å². The van der Waals surface area contributed by atoms with E-state index in [0.717, 1.165) is 4.13 Å². The molecular weight excluding hydrogens is 446 g/mol. The molecule has 15 heteroatoms. The number of nitrogens with zero attached hydrogens (tertiary/aromatic N) is 2. The van der Waals surface area contributed by atoms with Gasteiger partial charge < -0.3 is 4.13 Å². The summed E-state index contributed by atoms with van der Waals surface area (Å²) >= 11 is 1.77. The van der Waals surface area contributed by atoms with E-state index in [2.05, 4.69) is 28.6 Å². The van der Waals surface area contributed by atoms with E-state index in [1.165, 1.54) is 38.6 Å². The van der Waals surface area contributed by atoms with Crippen LogP contribution in [0.2, 0.25) is 0 Å². The third kappa shape index (κ3) is 9.71. The largest absolute Gasteiger partial charge is 0.480 e. The van der Waals surface area contributed by atoms with Crippen molar-refractivity contribution in [3.8, 4) is 0 Å². The lowest BCUT2D eigenvalue weighted by Crippen LogP contribution is -2.30. The molecule has 1 heterocycles. The summed E-state index contributed by atoms with van der Waals surface area (Å²) < 4.78 is 111. The Kier molecular flexibility index (Phi) is 10.2. The van der Waals surface area contributed by atoms with Crippen LogP contribution in [0, 0.1) is 0 Å². The van der Waals surface area contributed by atoms with Crippen LogP contribution in [-0.4, -0.2) is 27.9 Å². The first-order valence-electron chi connectivity index (χ1n) is 7.42. The van der Waals surface area contributed by atoms with Gasteiger partial charge in [0.05, 0.1) is 5.38 Å². The summed E-state index contributed by atoms with van der Waals surface area (Å²) in [6.07, 6.45) is 9.02. The number of thiazole rings is 1. The quantitative estimate of drug-likeness (QED) is 0.330. The van der Waals surface area contributed by atoms with Crippen LogP contribution in [-0.2, 0) is 26.6 Å². The Morgan fingerprint density at radius 3 is 1.74 bits per heavy atom. The highest BCUT2D eigenvalue weighted by Gasteiger charge is 2.46. The standard InChI is InChI=1S/C10H18NS.C2F6NO4S2/c1-2-3-4-5-6-7-11-8-9-12-10-11;3-1(4,5)14(10,11)9-15(12,13)2(6,7)8/h8-10H,2-7H2,1H3;/q+1;-1. The molecule has 1 rings (SSSR count). The van der Waals surface area contributed by atoms with Gasteiger partial charge in [-0.1, -0.05) is 37.5 Å². The minimum absolute atomic E-state index is 0.778. The highest BCUT2D eigenvalue weighted by Crippen LogP contribution is 2.36. The molecule has 0 aromatic carbocycles. The third-order valence-corrected chi connectivity index (χ3v) is 6.24. The Balaban J connectivity index is 0.000000511. The molecule has 0 aliphatic carbocycles. The first kappa shape index (κ1) is 26.1. The van der Waals surface area contributed by atoms with Gasteiger partial charge in [0, 0.05) is 6.42 Å². The normalized spacial score (nSPS) is 13.1. The second-order valence-electron chi connectivity index (χ2n) is 5.09. The van der Waals surface area contributed by atoms with Gasteiger partial charge in [-0.2, -0.15) is 30.9 Å². The second kappa shape index (κ2) is 10.6. The van der Waals surface area contributed by atoms with Crippen LogP contribution in [0.5, 0.6) is 0 Å². The van der Waals surface area contributed by atoms with Crippen LogP contribution in [0.25, 0.3) is 4.13 Å². The van der Waals surface area contributed by atoms with Crippen molar-refractivity contribution in [2.24, 2.45) is 0 Å². The minimum atomic E-state index is -6.72. The SMILES string of the molecule is CCCCCCC[n+]1ccsc1.O=S(=O)([N-]S(=O)(=O)C(F)(F)F)C(F)(F)F. The van der Waals surface area contributed by atoms with Crippen molar-refractivity contribution < 1.29 is 47.7 Å². The Labute approximate surface area is 157 Å². The van der Waals surface area contributed by atoms with Crippen LogP contribution >= 0.6 is 11.3 Å². The molecule has 0 amide bonds. The fourth-order valence-corrected chi connectivity index (χ4v) is 3.84. The van der Waals surface area contributed by atoms with Crippen LogP contribution in [0.15, 0.2) is 17.1 Å². The summed E-state index contributed by atoms with van der Waals surface area (Å²) in [7, 11) is -13.4. The van der Waals surface area contributed by atoms with E-state index in [1.807, 2.05) is 0 Å². The van der Waals surface area contributed by atoms with Gasteiger partial charge in [-0.15, -0.1) is 0 Å². The van der Waals surface area contributed by atoms with Crippen molar-refractivity contribution in [3.63, 3.8) is 0 Å². The van der Waals surface area contributed by atoms with Crippen molar-refractivity contribution in [3.05, 3.63) is 21.2 Å². The van der Waals surface area contributed by atoms with Gasteiger partial charge in [-0.3, -0.25) is 0 Å². The molecule has 0 atom stereocenters. The van der Waals surface area contributed by atoms with Gasteiger partial charge in [0.1, 0.15) is 6.54 Å². The molecule has 0 bridgehead atoms. The van der Waals surface area contributed by atoms with Gasteiger partial charge in [0.25, 0.3) is 0 Å². The smallest absolute Gasteiger partial charge is 0.421 e. The van der Waals surface area contributed by atoms with Crippen molar-refractivity contribution in [1.29, 1.82) is 0 Å². The average molecular weight is 464 g/mol. The Morgan fingerprint density at radius 1 is 0.889 bits per heavy atom. The third-order valence-electron chi connectivity index (χ3n) is 2.83. The van der Waals surface area contributed by atoms with Crippen LogP contribution in [0.4, 0.5) is 26.3 Å². The summed E-state index contributed by atoms with van der Waals surface area (Å²) in [5.41, 5.74) is -10.2. The number of halogens is 6. The number of sulfonamides is 2. The highest BCUT2D eigenvalue weighted by molar-refractivity contribution is 8.13. The molecule has 0 unspecified atom stereocenters. The number of hydrogen-bond donors (Lipinski definition) is 0. The lowest BCUT2D eigenvalue weighted by molar-refractivity contribution is -0.692. The van der Waals surface area contributed by atoms with E-state index in [1.54, 1.807) is 11.3 Å². The van der Waals surface area contributed by atoms with Gasteiger partial charge in [-0.25, -0.2) is 16.8 Å². The molecule has 6 nitrogen and oxygen atoms in total. The molecule has 1 aromatic heterocycles. The summed E-state index contributed by atoms with van der Waals surface area (Å²) in [5, 5.41) is 2.13. The van der Waals surface area contributed by atoms with Crippen LogP contribution in [0.1, 0.15) is 39.0 Å². The summed E-state index contributed by atoms with van der Waals surface area (Å²) in [5.74, 6) is 0. The Bertz CT molecular complexity index is 701. The zero-order valence-corrected chi connectivity index (χ0v) is 16.4. The molecule has 0 aliphatic heterocycles. The summed E-state index contributed by atoms with van der Waals surface area (Å²) in [6.45, 7) is 3.46. The van der Waals surface area contributed by atoms with Gasteiger partial charge in [0.2, 0.25) is 5.51 Å². The molecule has 0 saturated heterocycles. The maximum Gasteiger partial charge on any atom is 0.480 e. The number of rotatable bonds is 8. The molecule has 0 saturated carbocycles. The Morgan fingerprint density at radius 2 is 1.37 bits per heavy atom. The van der Waals surface area contributed by atoms with E-state index in [9.17, 15) is 43.2 Å². The topological polar surface area (TPSA) is 86.3 Å². The number of aryl methyl sites for hydroxylation is 1. The van der Waals surface area contributed by atoms with E-state index in [-0.39, 0.29) is 0 Å². The molecule has 0 radical (unpaired) electrons. The van der Waals surface area contributed by atoms with Crippen molar-refractivity contribution in [2.75, 3.05) is 0 Å². The molecule has 0 spiro atoms. The van der Waals surface area contributed by atoms with Crippen molar-refractivity contribution in [1.82, 2.24) is 0 Å². The summed E-state index contributed by atoms with van der Waals surface area (Å²) in [4.78, 5) is 0. The number of unbranched alkanes of at least 4 members (excludes halogenated alkanes) is 4. The maximum absolute atomic E-state index is 11.4. The van der Waals surface area contributed by atoms with E-state index in [4.69, 9.17) is 0 Å². The molecule has 1 aromatic rings. The van der Waals surface area contributed by atoms with Crippen LogP contribution < -0.4 is 4.57 Å². The molecule has 0 fully saturated rings. The lowest BCUT2D eigenvalue weighted by atomic mass is 10.1. The predicted octanol–water partition coefficient (Wildman–Crippen LogP) is 4.07. The first-order chi connectivity index (χ1) is 12.1. The molecular formula is C12H18F6N2O4S3. The molecule has 0 aliphatic rings. The van der Waals surface area contributed by atoms with Gasteiger partial charge in [0.15, 0.2) is 26.2 Å².